The molecule has 5 N–H and O–H groups in total. The van der Waals surface area contributed by atoms with Crippen LogP contribution in [0.25, 0.3) is 10.9 Å². The van der Waals surface area contributed by atoms with Crippen LogP contribution in [0, 0.1) is 0 Å². The van der Waals surface area contributed by atoms with E-state index in [4.69, 9.17) is 5.73 Å². The molecular weight excluding hydrogens is 378 g/mol. The molecule has 3 aromatic rings. The molecule has 0 aliphatic carbocycles. The molecule has 160 valence electrons. The van der Waals surface area contributed by atoms with E-state index >= 15 is 0 Å². The van der Waals surface area contributed by atoms with Crippen molar-refractivity contribution < 1.29 is 9.90 Å². The lowest BCUT2D eigenvalue weighted by Crippen LogP contribution is -2.38. The highest BCUT2D eigenvalue weighted by Gasteiger charge is 2.13. The first-order valence-electron chi connectivity index (χ1n) is 10.5. The Hall–Kier alpha value is -2.90. The second-order valence-corrected chi connectivity index (χ2v) is 7.64. The van der Waals surface area contributed by atoms with Crippen LogP contribution in [0.3, 0.4) is 0 Å². The maximum absolute atomic E-state index is 12.3. The Balaban J connectivity index is 1.40. The molecule has 2 heterocycles. The van der Waals surface area contributed by atoms with Crippen molar-refractivity contribution in [1.29, 1.82) is 0 Å². The average molecular weight is 410 g/mol. The number of hydrogen-bond acceptors (Lipinski definition) is 5. The maximum Gasteiger partial charge on any atom is 0.267 e. The molecule has 0 spiro atoms. The Morgan fingerprint density at radius 2 is 2.07 bits per heavy atom. The lowest BCUT2D eigenvalue weighted by atomic mass is 10.1. The van der Waals surface area contributed by atoms with Crippen LogP contribution in [0.15, 0.2) is 48.7 Å². The van der Waals surface area contributed by atoms with Gasteiger partial charge in [0.25, 0.3) is 5.91 Å². The summed E-state index contributed by atoms with van der Waals surface area (Å²) in [5, 5.41) is 13.6. The molecule has 0 unspecified atom stereocenters. The highest BCUT2D eigenvalue weighted by atomic mass is 16.3. The summed E-state index contributed by atoms with van der Waals surface area (Å²) >= 11 is 0. The van der Waals surface area contributed by atoms with Crippen LogP contribution >= 0.6 is 0 Å². The quantitative estimate of drug-likeness (QED) is 0.364. The highest BCUT2D eigenvalue weighted by Crippen LogP contribution is 2.14. The van der Waals surface area contributed by atoms with Crippen molar-refractivity contribution in [2.45, 2.75) is 32.2 Å². The molecule has 1 amide bonds. The Labute approximate surface area is 177 Å². The number of hydrogen-bond donors (Lipinski definition) is 4. The second-order valence-electron chi connectivity index (χ2n) is 7.64. The lowest BCUT2D eigenvalue weighted by molar-refractivity contribution is 0.0947. The number of pyridine rings is 1. The van der Waals surface area contributed by atoms with Gasteiger partial charge in [0.05, 0.1) is 6.61 Å². The number of amides is 1. The van der Waals surface area contributed by atoms with Crippen LogP contribution in [-0.2, 0) is 6.42 Å². The molecule has 2 aromatic heterocycles. The number of H-pyrrole nitrogens is 1. The number of aliphatic hydroxyl groups excluding tert-OH is 1. The minimum Gasteiger partial charge on any atom is -0.395 e. The Morgan fingerprint density at radius 3 is 2.80 bits per heavy atom. The van der Waals surface area contributed by atoms with Crippen LogP contribution in [0.4, 0.5) is 5.82 Å². The first-order chi connectivity index (χ1) is 14.6. The number of aromatic amines is 1. The summed E-state index contributed by atoms with van der Waals surface area (Å²) in [6.07, 6.45) is 4.48. The van der Waals surface area contributed by atoms with Crippen molar-refractivity contribution in [2.24, 2.45) is 0 Å². The predicted molar refractivity (Wildman–Crippen MR) is 120 cm³/mol. The molecule has 0 radical (unpaired) electrons. The van der Waals surface area contributed by atoms with Crippen LogP contribution < -0.4 is 11.1 Å². The van der Waals surface area contributed by atoms with Crippen molar-refractivity contribution in [3.05, 3.63) is 59.9 Å². The van der Waals surface area contributed by atoms with Gasteiger partial charge >= 0.3 is 0 Å². The van der Waals surface area contributed by atoms with Crippen molar-refractivity contribution in [3.63, 3.8) is 0 Å². The first kappa shape index (κ1) is 21.8. The summed E-state index contributed by atoms with van der Waals surface area (Å²) in [6.45, 7) is 4.48. The third-order valence-electron chi connectivity index (χ3n) is 5.36. The maximum atomic E-state index is 12.3. The normalized spacial score (nSPS) is 12.4. The van der Waals surface area contributed by atoms with Crippen molar-refractivity contribution in [3.8, 4) is 0 Å². The summed E-state index contributed by atoms with van der Waals surface area (Å²) in [4.78, 5) is 21.9. The van der Waals surface area contributed by atoms with Gasteiger partial charge in [-0.15, -0.1) is 0 Å². The van der Waals surface area contributed by atoms with E-state index in [-0.39, 0.29) is 18.6 Å². The fourth-order valence-corrected chi connectivity index (χ4v) is 3.46. The van der Waals surface area contributed by atoms with E-state index in [1.807, 2.05) is 49.4 Å². The molecule has 0 aliphatic heterocycles. The molecule has 1 atom stereocenters. The molecule has 0 fully saturated rings. The molecule has 0 aliphatic rings. The smallest absolute Gasteiger partial charge is 0.267 e. The van der Waals surface area contributed by atoms with Crippen molar-refractivity contribution >= 4 is 22.6 Å². The number of nitrogens with two attached hydrogens (primary N) is 1. The van der Waals surface area contributed by atoms with Gasteiger partial charge in [-0.05, 0) is 56.5 Å². The summed E-state index contributed by atoms with van der Waals surface area (Å²) in [5.41, 5.74) is 8.32. The zero-order valence-electron chi connectivity index (χ0n) is 17.5. The van der Waals surface area contributed by atoms with E-state index < -0.39 is 0 Å². The number of nitrogen functional groups attached to an aromatic ring is 1. The number of nitrogens with zero attached hydrogens (tertiary/aromatic N) is 2. The minimum atomic E-state index is -0.0809. The van der Waals surface area contributed by atoms with E-state index in [1.54, 1.807) is 6.20 Å². The number of fused-ring (bicyclic) bond motifs is 1. The van der Waals surface area contributed by atoms with E-state index in [9.17, 15) is 9.90 Å². The number of anilines is 1. The minimum absolute atomic E-state index is 0.0809. The number of carbonyl (C=O) groups is 1. The third kappa shape index (κ3) is 6.05. The molecule has 1 aromatic carbocycles. The molecule has 3 rings (SSSR count). The number of aliphatic hydroxyl groups is 1. The van der Waals surface area contributed by atoms with Crippen molar-refractivity contribution in [1.82, 2.24) is 20.2 Å². The molecule has 30 heavy (non-hydrogen) atoms. The van der Waals surface area contributed by atoms with Gasteiger partial charge in [0.2, 0.25) is 0 Å². The second kappa shape index (κ2) is 10.8. The highest BCUT2D eigenvalue weighted by molar-refractivity contribution is 5.97. The number of nitrogens with one attached hydrogen (secondary N) is 2. The van der Waals surface area contributed by atoms with Crippen LogP contribution in [-0.4, -0.2) is 58.2 Å². The number of carbonyl (C=O) groups excluding carboxylic acids is 1. The molecule has 7 nitrogen and oxygen atoms in total. The van der Waals surface area contributed by atoms with Crippen LogP contribution in [0.5, 0.6) is 0 Å². The van der Waals surface area contributed by atoms with E-state index in [1.165, 1.54) is 0 Å². The Morgan fingerprint density at radius 1 is 1.23 bits per heavy atom. The van der Waals surface area contributed by atoms with E-state index in [2.05, 4.69) is 20.2 Å². The predicted octanol–water partition coefficient (Wildman–Crippen LogP) is 2.58. The number of rotatable bonds is 11. The van der Waals surface area contributed by atoms with Gasteiger partial charge in [0.1, 0.15) is 11.5 Å². The Bertz CT molecular complexity index is 905. The average Bonchev–Trinajstić information content (AvgIpc) is 3.20. The molecular formula is C23H31N5O2. The van der Waals surface area contributed by atoms with Gasteiger partial charge in [-0.25, -0.2) is 4.98 Å². The van der Waals surface area contributed by atoms with Gasteiger partial charge in [-0.1, -0.05) is 24.3 Å². The summed E-state index contributed by atoms with van der Waals surface area (Å²) in [5.74, 6) is 0.441. The number of aromatic nitrogens is 2. The number of unbranched alkanes of at least 4 members (excludes halogenated alkanes) is 1. The zero-order chi connectivity index (χ0) is 21.3. The van der Waals surface area contributed by atoms with E-state index in [0.29, 0.717) is 18.1 Å². The van der Waals surface area contributed by atoms with E-state index in [0.717, 1.165) is 48.8 Å². The molecule has 0 bridgehead atoms. The Kier molecular flexibility index (Phi) is 7.82. The summed E-state index contributed by atoms with van der Waals surface area (Å²) in [7, 11) is 0. The van der Waals surface area contributed by atoms with Crippen molar-refractivity contribution in [2.75, 3.05) is 32.0 Å². The summed E-state index contributed by atoms with van der Waals surface area (Å²) < 4.78 is 0. The monoisotopic (exact) mass is 409 g/mol. The lowest BCUT2D eigenvalue weighted by Gasteiger charge is -2.27. The number of benzene rings is 1. The van der Waals surface area contributed by atoms with Gasteiger partial charge in [0, 0.05) is 36.2 Å². The molecule has 0 saturated carbocycles. The third-order valence-corrected chi connectivity index (χ3v) is 5.36. The fraction of sp³-hybridized carbons (Fsp3) is 0.391. The van der Waals surface area contributed by atoms with Gasteiger partial charge in [-0.3, -0.25) is 9.69 Å². The summed E-state index contributed by atoms with van der Waals surface area (Å²) in [6, 6.07) is 13.6. The van der Waals surface area contributed by atoms with Crippen LogP contribution in [0.2, 0.25) is 0 Å². The number of para-hydroxylation sites is 1. The first-order valence-corrected chi connectivity index (χ1v) is 10.5. The SMILES string of the molecule is C[C@@H](CO)N(CCCCNC(=O)c1cc2ccccc2[nH]1)CCc1ccc(N)nc1. The molecule has 7 heteroatoms. The topological polar surface area (TPSA) is 107 Å². The van der Waals surface area contributed by atoms with Gasteiger partial charge < -0.3 is 21.1 Å². The standard InChI is InChI=1S/C23H31N5O2/c1-17(16-29)28(13-10-18-8-9-22(24)26-15-18)12-5-4-11-25-23(30)21-14-19-6-2-3-7-20(19)27-21/h2-3,6-9,14-15,17,27,29H,4-5,10-13,16H2,1H3,(H2,24,26)(H,25,30)/t17-/m0/s1. The van der Waals surface area contributed by atoms with Gasteiger partial charge in [-0.2, -0.15) is 0 Å². The zero-order valence-corrected chi connectivity index (χ0v) is 17.5. The van der Waals surface area contributed by atoms with Crippen LogP contribution in [0.1, 0.15) is 35.8 Å². The van der Waals surface area contributed by atoms with Gasteiger partial charge in [0.15, 0.2) is 0 Å². The largest absolute Gasteiger partial charge is 0.395 e. The molecule has 0 saturated heterocycles. The fourth-order valence-electron chi connectivity index (χ4n) is 3.46.